The lowest BCUT2D eigenvalue weighted by Gasteiger charge is -2.36. The summed E-state index contributed by atoms with van der Waals surface area (Å²) in [6.07, 6.45) is 2.23. The molecule has 1 fully saturated rings. The number of H-pyrrole nitrogens is 1. The third-order valence-corrected chi connectivity index (χ3v) is 5.76. The van der Waals surface area contributed by atoms with Crippen LogP contribution in [0.1, 0.15) is 12.0 Å². The molecule has 1 aliphatic heterocycles. The number of piperazine rings is 1. The minimum atomic E-state index is 0.0310. The van der Waals surface area contributed by atoms with E-state index in [1.165, 1.54) is 22.6 Å². The van der Waals surface area contributed by atoms with Crippen molar-refractivity contribution >= 4 is 27.2 Å². The van der Waals surface area contributed by atoms with E-state index in [9.17, 15) is 4.79 Å². The van der Waals surface area contributed by atoms with E-state index >= 15 is 0 Å². The topological polar surface area (TPSA) is 39.3 Å². The van der Waals surface area contributed by atoms with Crippen LogP contribution in [0.15, 0.2) is 53.3 Å². The molecule has 1 aromatic heterocycles. The summed E-state index contributed by atoms with van der Waals surface area (Å²) in [7, 11) is 0. The molecule has 0 saturated carbocycles. The molecule has 0 radical (unpaired) electrons. The lowest BCUT2D eigenvalue weighted by Crippen LogP contribution is -2.46. The minimum absolute atomic E-state index is 0.0310. The number of anilines is 1. The number of rotatable bonds is 5. The van der Waals surface area contributed by atoms with Crippen molar-refractivity contribution in [2.75, 3.05) is 37.6 Å². The summed E-state index contributed by atoms with van der Waals surface area (Å²) in [6, 6.07) is 17.0. The van der Waals surface area contributed by atoms with Gasteiger partial charge in [0.05, 0.1) is 10.2 Å². The Labute approximate surface area is 151 Å². The second kappa shape index (κ2) is 7.42. The van der Waals surface area contributed by atoms with Crippen LogP contribution in [-0.4, -0.2) is 42.6 Å². The minimum Gasteiger partial charge on any atom is -0.369 e. The van der Waals surface area contributed by atoms with Crippen molar-refractivity contribution in [3.8, 4) is 0 Å². The highest BCUT2D eigenvalue weighted by molar-refractivity contribution is 7.16. The third-order valence-electron chi connectivity index (χ3n) is 4.92. The maximum atomic E-state index is 11.4. The molecule has 1 N–H and O–H groups in total. The van der Waals surface area contributed by atoms with E-state index in [1.807, 2.05) is 6.07 Å². The van der Waals surface area contributed by atoms with Gasteiger partial charge in [0.15, 0.2) is 0 Å². The fourth-order valence-electron chi connectivity index (χ4n) is 3.52. The van der Waals surface area contributed by atoms with Gasteiger partial charge in [-0.25, -0.2) is 0 Å². The van der Waals surface area contributed by atoms with Crippen LogP contribution >= 0.6 is 11.3 Å². The summed E-state index contributed by atoms with van der Waals surface area (Å²) in [5.41, 5.74) is 3.61. The molecule has 4 nitrogen and oxygen atoms in total. The molecular weight excluding hydrogens is 330 g/mol. The summed E-state index contributed by atoms with van der Waals surface area (Å²) in [5, 5.41) is 0. The zero-order valence-corrected chi connectivity index (χ0v) is 15.1. The number of aryl methyl sites for hydroxylation is 1. The largest absolute Gasteiger partial charge is 0.369 e. The Morgan fingerprint density at radius 3 is 2.60 bits per heavy atom. The van der Waals surface area contributed by atoms with Crippen molar-refractivity contribution in [1.29, 1.82) is 0 Å². The molecule has 5 heteroatoms. The number of nitrogens with one attached hydrogen (secondary N) is 1. The summed E-state index contributed by atoms with van der Waals surface area (Å²) < 4.78 is 1.07. The average molecular weight is 353 g/mol. The van der Waals surface area contributed by atoms with Gasteiger partial charge < -0.3 is 9.88 Å². The first-order chi connectivity index (χ1) is 12.3. The maximum absolute atomic E-state index is 11.4. The van der Waals surface area contributed by atoms with Crippen LogP contribution in [0.5, 0.6) is 0 Å². The second-order valence-corrected chi connectivity index (χ2v) is 7.63. The molecular formula is C20H23N3OS. The molecule has 0 aliphatic carbocycles. The number of benzene rings is 2. The highest BCUT2D eigenvalue weighted by atomic mass is 32.1. The molecule has 1 saturated heterocycles. The molecule has 4 rings (SSSR count). The Bertz CT molecular complexity index is 879. The number of fused-ring (bicyclic) bond motifs is 1. The fraction of sp³-hybridized carbons (Fsp3) is 0.350. The van der Waals surface area contributed by atoms with Gasteiger partial charge in [-0.1, -0.05) is 35.6 Å². The van der Waals surface area contributed by atoms with Crippen molar-refractivity contribution < 1.29 is 0 Å². The number of nitrogens with zero attached hydrogens (tertiary/aromatic N) is 2. The number of hydrogen-bond donors (Lipinski definition) is 1. The van der Waals surface area contributed by atoms with Crippen LogP contribution in [0.3, 0.4) is 0 Å². The van der Waals surface area contributed by atoms with Gasteiger partial charge in [-0.2, -0.15) is 0 Å². The smallest absolute Gasteiger partial charge is 0.305 e. The van der Waals surface area contributed by atoms with Gasteiger partial charge in [0, 0.05) is 31.9 Å². The van der Waals surface area contributed by atoms with Gasteiger partial charge in [0.25, 0.3) is 0 Å². The molecule has 2 aromatic carbocycles. The zero-order chi connectivity index (χ0) is 17.1. The number of aromatic nitrogens is 1. The summed E-state index contributed by atoms with van der Waals surface area (Å²) in [6.45, 7) is 5.62. The van der Waals surface area contributed by atoms with Gasteiger partial charge in [-0.15, -0.1) is 0 Å². The molecule has 2 heterocycles. The Morgan fingerprint density at radius 2 is 1.80 bits per heavy atom. The average Bonchev–Trinajstić information content (AvgIpc) is 3.02. The van der Waals surface area contributed by atoms with Crippen molar-refractivity contribution in [2.24, 2.45) is 0 Å². The molecule has 3 aromatic rings. The zero-order valence-electron chi connectivity index (χ0n) is 14.3. The second-order valence-electron chi connectivity index (χ2n) is 6.61. The first-order valence-electron chi connectivity index (χ1n) is 8.92. The molecule has 0 bridgehead atoms. The number of para-hydroxylation sites is 1. The predicted octanol–water partition coefficient (Wildman–Crippen LogP) is 3.34. The quantitative estimate of drug-likeness (QED) is 0.765. The maximum Gasteiger partial charge on any atom is 0.305 e. The summed E-state index contributed by atoms with van der Waals surface area (Å²) >= 11 is 1.30. The molecule has 25 heavy (non-hydrogen) atoms. The highest BCUT2D eigenvalue weighted by Crippen LogP contribution is 2.18. The van der Waals surface area contributed by atoms with Gasteiger partial charge in [-0.3, -0.25) is 9.69 Å². The predicted molar refractivity (Wildman–Crippen MR) is 106 cm³/mol. The number of thiazole rings is 1. The van der Waals surface area contributed by atoms with E-state index < -0.39 is 0 Å². The highest BCUT2D eigenvalue weighted by Gasteiger charge is 2.16. The molecule has 0 atom stereocenters. The van der Waals surface area contributed by atoms with Crippen LogP contribution in [0.4, 0.5) is 5.69 Å². The molecule has 0 spiro atoms. The van der Waals surface area contributed by atoms with E-state index in [2.05, 4.69) is 57.2 Å². The van der Waals surface area contributed by atoms with Crippen LogP contribution in [0.2, 0.25) is 0 Å². The van der Waals surface area contributed by atoms with E-state index in [-0.39, 0.29) is 4.87 Å². The van der Waals surface area contributed by atoms with Gasteiger partial charge in [0.2, 0.25) is 0 Å². The normalized spacial score (nSPS) is 15.8. The van der Waals surface area contributed by atoms with E-state index in [0.29, 0.717) is 0 Å². The van der Waals surface area contributed by atoms with Gasteiger partial charge in [-0.05, 0) is 49.2 Å². The lowest BCUT2D eigenvalue weighted by atomic mass is 10.1. The van der Waals surface area contributed by atoms with E-state index in [4.69, 9.17) is 0 Å². The Kier molecular flexibility index (Phi) is 4.85. The molecule has 130 valence electrons. The number of aromatic amines is 1. The Morgan fingerprint density at radius 1 is 1.00 bits per heavy atom. The van der Waals surface area contributed by atoms with E-state index in [0.717, 1.165) is 55.8 Å². The Hall–Kier alpha value is -2.11. The third kappa shape index (κ3) is 3.94. The molecule has 1 aliphatic rings. The lowest BCUT2D eigenvalue weighted by molar-refractivity contribution is 0.255. The van der Waals surface area contributed by atoms with Crippen LogP contribution < -0.4 is 9.77 Å². The first kappa shape index (κ1) is 16.4. The SMILES string of the molecule is O=c1[nH]c2ccc(CCCN3CCN(c4ccccc4)CC3)cc2s1. The van der Waals surface area contributed by atoms with E-state index in [1.54, 1.807) is 0 Å². The number of hydrogen-bond acceptors (Lipinski definition) is 4. The van der Waals surface area contributed by atoms with Crippen LogP contribution in [-0.2, 0) is 6.42 Å². The van der Waals surface area contributed by atoms with Crippen LogP contribution in [0.25, 0.3) is 10.2 Å². The Balaban J connectivity index is 1.26. The monoisotopic (exact) mass is 353 g/mol. The van der Waals surface area contributed by atoms with Crippen molar-refractivity contribution in [1.82, 2.24) is 9.88 Å². The van der Waals surface area contributed by atoms with Gasteiger partial charge >= 0.3 is 4.87 Å². The van der Waals surface area contributed by atoms with Crippen molar-refractivity contribution in [3.05, 3.63) is 63.8 Å². The van der Waals surface area contributed by atoms with Crippen LogP contribution in [0, 0.1) is 0 Å². The standard InChI is InChI=1S/C20H23N3OS/c24-20-21-18-9-8-16(15-19(18)25-20)5-4-10-22-11-13-23(14-12-22)17-6-2-1-3-7-17/h1-3,6-9,15H,4-5,10-14H2,(H,21,24). The van der Waals surface area contributed by atoms with Crippen molar-refractivity contribution in [3.63, 3.8) is 0 Å². The summed E-state index contributed by atoms with van der Waals surface area (Å²) in [4.78, 5) is 19.3. The molecule has 0 amide bonds. The fourth-order valence-corrected chi connectivity index (χ4v) is 4.32. The van der Waals surface area contributed by atoms with Crippen molar-refractivity contribution in [2.45, 2.75) is 12.8 Å². The molecule has 0 unspecified atom stereocenters. The first-order valence-corrected chi connectivity index (χ1v) is 9.74. The van der Waals surface area contributed by atoms with Gasteiger partial charge in [0.1, 0.15) is 0 Å². The summed E-state index contributed by atoms with van der Waals surface area (Å²) in [5.74, 6) is 0.